The normalized spacial score (nSPS) is 17.9. The Kier molecular flexibility index (Phi) is 7.35. The molecule has 2 aromatic carbocycles. The summed E-state index contributed by atoms with van der Waals surface area (Å²) < 4.78 is 1.48. The second-order valence-electron chi connectivity index (χ2n) is 10.0. The molecule has 0 spiro atoms. The molecule has 36 heavy (non-hydrogen) atoms. The van der Waals surface area contributed by atoms with E-state index in [1.165, 1.54) is 23.2 Å². The summed E-state index contributed by atoms with van der Waals surface area (Å²) in [7, 11) is 1.89. The van der Waals surface area contributed by atoms with Gasteiger partial charge >= 0.3 is 0 Å². The summed E-state index contributed by atoms with van der Waals surface area (Å²) >= 11 is 0. The Balaban J connectivity index is 1.19. The minimum Gasteiger partial charge on any atom is -0.372 e. The molecule has 1 atom stereocenters. The fourth-order valence-electron chi connectivity index (χ4n) is 5.34. The summed E-state index contributed by atoms with van der Waals surface area (Å²) in [5.74, 6) is 0.0769. The molecule has 3 aromatic rings. The van der Waals surface area contributed by atoms with Gasteiger partial charge in [0.05, 0.1) is 24.3 Å². The molecule has 0 radical (unpaired) electrons. The quantitative estimate of drug-likeness (QED) is 0.510. The predicted molar refractivity (Wildman–Crippen MR) is 143 cm³/mol. The Bertz CT molecular complexity index is 1220. The molecule has 1 amide bonds. The lowest BCUT2D eigenvalue weighted by Crippen LogP contribution is -2.44. The maximum Gasteiger partial charge on any atom is 0.269 e. The van der Waals surface area contributed by atoms with Crippen LogP contribution in [0, 0.1) is 5.92 Å². The highest BCUT2D eigenvalue weighted by atomic mass is 16.2. The molecule has 188 valence electrons. The van der Waals surface area contributed by atoms with E-state index in [2.05, 4.69) is 39.2 Å². The number of benzene rings is 2. The number of carbonyl (C=O) groups excluding carboxylic acids is 1. The maximum absolute atomic E-state index is 13.3. The third-order valence-electron chi connectivity index (χ3n) is 7.37. The van der Waals surface area contributed by atoms with Crippen LogP contribution in [0.5, 0.6) is 0 Å². The van der Waals surface area contributed by atoms with Crippen LogP contribution < -0.4 is 15.4 Å². The lowest BCUT2D eigenvalue weighted by atomic mass is 9.96. The molecule has 0 aliphatic carbocycles. The topological polar surface area (TPSA) is 61.7 Å². The summed E-state index contributed by atoms with van der Waals surface area (Å²) in [6.45, 7) is 4.76. The smallest absolute Gasteiger partial charge is 0.269 e. The summed E-state index contributed by atoms with van der Waals surface area (Å²) in [5, 5.41) is 4.41. The zero-order chi connectivity index (χ0) is 24.9. The highest BCUT2D eigenvalue weighted by Crippen LogP contribution is 2.24. The maximum atomic E-state index is 13.3. The number of amides is 1. The largest absolute Gasteiger partial charge is 0.372 e. The highest BCUT2D eigenvalue weighted by Gasteiger charge is 2.28. The van der Waals surface area contributed by atoms with Crippen LogP contribution in [0.4, 0.5) is 11.4 Å². The van der Waals surface area contributed by atoms with Gasteiger partial charge in [0.25, 0.3) is 5.56 Å². The summed E-state index contributed by atoms with van der Waals surface area (Å²) in [5.41, 5.74) is 4.12. The van der Waals surface area contributed by atoms with Gasteiger partial charge in [-0.05, 0) is 48.9 Å². The molecule has 0 N–H and O–H groups in total. The van der Waals surface area contributed by atoms with Crippen LogP contribution >= 0.6 is 0 Å². The van der Waals surface area contributed by atoms with Gasteiger partial charge in [-0.25, -0.2) is 4.68 Å². The van der Waals surface area contributed by atoms with Crippen LogP contribution in [-0.4, -0.2) is 53.8 Å². The minimum absolute atomic E-state index is 0.0839. The first-order valence-electron chi connectivity index (χ1n) is 13.0. The van der Waals surface area contributed by atoms with Gasteiger partial charge in [0.1, 0.15) is 0 Å². The van der Waals surface area contributed by atoms with E-state index < -0.39 is 0 Å². The molecule has 0 saturated carbocycles. The third kappa shape index (κ3) is 5.61. The SMILES string of the molecule is CN(Cc1ccc(N2CCCC2)cc1)C(=O)[C@@H]1CCCN(c2cnn(Cc3ccccc3)c(=O)c2)C1. The molecule has 1 aromatic heterocycles. The molecule has 0 bridgehead atoms. The van der Waals surface area contributed by atoms with Crippen LogP contribution in [0.1, 0.15) is 36.8 Å². The van der Waals surface area contributed by atoms with Crippen molar-refractivity contribution in [3.8, 4) is 0 Å². The number of piperidine rings is 1. The average molecular weight is 486 g/mol. The van der Waals surface area contributed by atoms with Gasteiger partial charge in [-0.3, -0.25) is 9.59 Å². The number of hydrogen-bond donors (Lipinski definition) is 0. The Morgan fingerprint density at radius 1 is 0.917 bits per heavy atom. The van der Waals surface area contributed by atoms with Crippen molar-refractivity contribution in [3.05, 3.63) is 88.3 Å². The zero-order valence-corrected chi connectivity index (χ0v) is 21.1. The Hall–Kier alpha value is -3.61. The van der Waals surface area contributed by atoms with Gasteiger partial charge < -0.3 is 14.7 Å². The van der Waals surface area contributed by atoms with Gasteiger partial charge in [0, 0.05) is 51.5 Å². The van der Waals surface area contributed by atoms with E-state index in [1.54, 1.807) is 12.3 Å². The molecule has 7 heteroatoms. The van der Waals surface area contributed by atoms with Gasteiger partial charge in [-0.2, -0.15) is 5.10 Å². The number of nitrogens with zero attached hydrogens (tertiary/aromatic N) is 5. The first kappa shape index (κ1) is 24.1. The van der Waals surface area contributed by atoms with E-state index in [1.807, 2.05) is 42.3 Å². The van der Waals surface area contributed by atoms with Gasteiger partial charge in [0.15, 0.2) is 0 Å². The molecule has 2 saturated heterocycles. The van der Waals surface area contributed by atoms with Crippen LogP contribution in [0.25, 0.3) is 0 Å². The number of carbonyl (C=O) groups is 1. The monoisotopic (exact) mass is 485 g/mol. The lowest BCUT2D eigenvalue weighted by molar-refractivity contribution is -0.135. The van der Waals surface area contributed by atoms with Crippen molar-refractivity contribution in [1.29, 1.82) is 0 Å². The molecule has 5 rings (SSSR count). The summed E-state index contributed by atoms with van der Waals surface area (Å²) in [4.78, 5) is 32.4. The summed E-state index contributed by atoms with van der Waals surface area (Å²) in [6, 6.07) is 20.1. The molecule has 7 nitrogen and oxygen atoms in total. The number of aromatic nitrogens is 2. The van der Waals surface area contributed by atoms with Crippen LogP contribution in [0.2, 0.25) is 0 Å². The van der Waals surface area contributed by atoms with Gasteiger partial charge in [-0.15, -0.1) is 0 Å². The Labute approximate surface area is 212 Å². The third-order valence-corrected chi connectivity index (χ3v) is 7.37. The first-order chi connectivity index (χ1) is 17.6. The summed E-state index contributed by atoms with van der Waals surface area (Å²) in [6.07, 6.45) is 6.07. The number of anilines is 2. The second-order valence-corrected chi connectivity index (χ2v) is 10.0. The van der Waals surface area contributed by atoms with Crippen molar-refractivity contribution >= 4 is 17.3 Å². The van der Waals surface area contributed by atoms with E-state index >= 15 is 0 Å². The minimum atomic E-state index is -0.126. The molecule has 0 unspecified atom stereocenters. The van der Waals surface area contributed by atoms with Crippen LogP contribution in [0.3, 0.4) is 0 Å². The molecule has 3 heterocycles. The number of rotatable bonds is 7. The van der Waals surface area contributed by atoms with Crippen molar-refractivity contribution < 1.29 is 4.79 Å². The zero-order valence-electron chi connectivity index (χ0n) is 21.1. The van der Waals surface area contributed by atoms with Crippen LogP contribution in [-0.2, 0) is 17.9 Å². The first-order valence-corrected chi connectivity index (χ1v) is 13.0. The van der Waals surface area contributed by atoms with E-state index in [-0.39, 0.29) is 17.4 Å². The van der Waals surface area contributed by atoms with E-state index in [4.69, 9.17) is 0 Å². The lowest BCUT2D eigenvalue weighted by Gasteiger charge is -2.35. The van der Waals surface area contributed by atoms with E-state index in [0.717, 1.165) is 49.3 Å². The molecular weight excluding hydrogens is 450 g/mol. The standard InChI is InChI=1S/C29H35N5O2/c1-31(20-24-11-13-26(14-12-24)32-15-5-6-16-32)29(36)25-10-7-17-33(22-25)27-18-28(35)34(30-19-27)21-23-8-3-2-4-9-23/h2-4,8-9,11-14,18-19,25H,5-7,10,15-17,20-22H2,1H3/t25-/m1/s1. The fraction of sp³-hybridized carbons (Fsp3) is 0.414. The van der Waals surface area contributed by atoms with Crippen molar-refractivity contribution in [2.24, 2.45) is 5.92 Å². The van der Waals surface area contributed by atoms with Crippen LogP contribution in [0.15, 0.2) is 71.7 Å². The highest BCUT2D eigenvalue weighted by molar-refractivity contribution is 5.79. The molecule has 2 aliphatic heterocycles. The van der Waals surface area contributed by atoms with Crippen molar-refractivity contribution in [2.45, 2.75) is 38.8 Å². The van der Waals surface area contributed by atoms with Gasteiger partial charge in [-0.1, -0.05) is 42.5 Å². The van der Waals surface area contributed by atoms with E-state index in [0.29, 0.717) is 19.6 Å². The van der Waals surface area contributed by atoms with Gasteiger partial charge in [0.2, 0.25) is 5.91 Å². The van der Waals surface area contributed by atoms with Crippen molar-refractivity contribution in [1.82, 2.24) is 14.7 Å². The van der Waals surface area contributed by atoms with E-state index in [9.17, 15) is 9.59 Å². The fourth-order valence-corrected chi connectivity index (χ4v) is 5.34. The molecule has 2 fully saturated rings. The second kappa shape index (κ2) is 11.0. The Morgan fingerprint density at radius 3 is 2.36 bits per heavy atom. The van der Waals surface area contributed by atoms with Crippen molar-refractivity contribution in [3.63, 3.8) is 0 Å². The number of hydrogen-bond acceptors (Lipinski definition) is 5. The Morgan fingerprint density at radius 2 is 1.64 bits per heavy atom. The average Bonchev–Trinajstić information content (AvgIpc) is 3.46. The predicted octanol–water partition coefficient (Wildman–Crippen LogP) is 3.77. The van der Waals surface area contributed by atoms with Crippen molar-refractivity contribution in [2.75, 3.05) is 43.0 Å². The molecule has 2 aliphatic rings. The molecular formula is C29H35N5O2.